The maximum absolute atomic E-state index is 13.1. The van der Waals surface area contributed by atoms with Gasteiger partial charge in [0.1, 0.15) is 5.82 Å². The van der Waals surface area contributed by atoms with Crippen molar-refractivity contribution in [2.75, 3.05) is 23.3 Å². The van der Waals surface area contributed by atoms with Gasteiger partial charge in [-0.25, -0.2) is 4.39 Å². The number of hydrogen-bond donors (Lipinski definition) is 1. The highest BCUT2D eigenvalue weighted by atomic mass is 19.4. The number of alkyl halides is 3. The predicted octanol–water partition coefficient (Wildman–Crippen LogP) is 5.16. The van der Waals surface area contributed by atoms with Gasteiger partial charge in [0.05, 0.1) is 11.3 Å². The van der Waals surface area contributed by atoms with E-state index in [-0.39, 0.29) is 23.3 Å². The van der Waals surface area contributed by atoms with E-state index < -0.39 is 11.7 Å². The van der Waals surface area contributed by atoms with Gasteiger partial charge < -0.3 is 10.2 Å². The van der Waals surface area contributed by atoms with Crippen molar-refractivity contribution in [1.82, 2.24) is 10.2 Å². The number of anilines is 2. The number of amides is 1. The molecule has 1 N–H and O–H groups in total. The number of carbonyl (C=O) groups is 1. The molecule has 1 fully saturated rings. The summed E-state index contributed by atoms with van der Waals surface area (Å²) < 4.78 is 51.6. The summed E-state index contributed by atoms with van der Waals surface area (Å²) in [5.41, 5.74) is 0.724. The quantitative estimate of drug-likeness (QED) is 0.565. The lowest BCUT2D eigenvalue weighted by Gasteiger charge is -2.31. The van der Waals surface area contributed by atoms with E-state index in [0.717, 1.165) is 17.7 Å². The maximum atomic E-state index is 13.1. The van der Waals surface area contributed by atoms with Gasteiger partial charge in [0.25, 0.3) is 0 Å². The summed E-state index contributed by atoms with van der Waals surface area (Å²) in [6, 6.07) is 14.2. The highest BCUT2D eigenvalue weighted by Crippen LogP contribution is 2.31. The van der Waals surface area contributed by atoms with Crippen LogP contribution in [0.4, 0.5) is 29.1 Å². The van der Waals surface area contributed by atoms with Crippen LogP contribution in [0.1, 0.15) is 18.4 Å². The molecule has 32 heavy (non-hydrogen) atoms. The standard InChI is InChI=1S/C23H20F4N4O/c24-18-6-4-15(5-7-18)20-8-9-21(30-29-20)31-12-10-16(11-13-31)22(32)28-19-3-1-2-17(14-19)23(25,26)27/h1-9,14,16H,10-13H2,(H,28,32). The molecule has 0 unspecified atom stereocenters. The first kappa shape index (κ1) is 21.7. The van der Waals surface area contributed by atoms with Gasteiger partial charge in [-0.3, -0.25) is 4.79 Å². The van der Waals surface area contributed by atoms with E-state index in [1.807, 2.05) is 17.0 Å². The Morgan fingerprint density at radius 3 is 2.31 bits per heavy atom. The third-order valence-electron chi connectivity index (χ3n) is 5.44. The number of carbonyl (C=O) groups excluding carboxylic acids is 1. The summed E-state index contributed by atoms with van der Waals surface area (Å²) in [7, 11) is 0. The second-order valence-corrected chi connectivity index (χ2v) is 7.61. The Bertz CT molecular complexity index is 1080. The highest BCUT2D eigenvalue weighted by molar-refractivity contribution is 5.92. The number of aromatic nitrogens is 2. The molecule has 0 atom stereocenters. The summed E-state index contributed by atoms with van der Waals surface area (Å²) in [6.07, 6.45) is -3.36. The van der Waals surface area contributed by atoms with Gasteiger partial charge in [0.15, 0.2) is 5.82 Å². The zero-order chi connectivity index (χ0) is 22.7. The van der Waals surface area contributed by atoms with E-state index in [2.05, 4.69) is 15.5 Å². The van der Waals surface area contributed by atoms with Crippen LogP contribution < -0.4 is 10.2 Å². The first-order valence-corrected chi connectivity index (χ1v) is 10.1. The van der Waals surface area contributed by atoms with Crippen LogP contribution in [-0.4, -0.2) is 29.2 Å². The summed E-state index contributed by atoms with van der Waals surface area (Å²) in [6.45, 7) is 1.15. The van der Waals surface area contributed by atoms with Crippen molar-refractivity contribution in [2.45, 2.75) is 19.0 Å². The molecule has 4 rings (SSSR count). The van der Waals surface area contributed by atoms with Crippen LogP contribution in [0.25, 0.3) is 11.3 Å². The minimum atomic E-state index is -4.46. The van der Waals surface area contributed by atoms with Crippen molar-refractivity contribution >= 4 is 17.4 Å². The van der Waals surface area contributed by atoms with Crippen LogP contribution in [0, 0.1) is 11.7 Å². The lowest BCUT2D eigenvalue weighted by molar-refractivity contribution is -0.137. The minimum absolute atomic E-state index is 0.134. The van der Waals surface area contributed by atoms with Gasteiger partial charge in [-0.15, -0.1) is 10.2 Å². The molecular formula is C23H20F4N4O. The Morgan fingerprint density at radius 1 is 0.969 bits per heavy atom. The van der Waals surface area contributed by atoms with Crippen molar-refractivity contribution in [2.24, 2.45) is 5.92 Å². The van der Waals surface area contributed by atoms with Gasteiger partial charge in [-0.2, -0.15) is 13.2 Å². The van der Waals surface area contributed by atoms with E-state index in [1.54, 1.807) is 12.1 Å². The molecule has 1 saturated heterocycles. The average Bonchev–Trinajstić information content (AvgIpc) is 2.79. The fourth-order valence-electron chi connectivity index (χ4n) is 3.66. The fraction of sp³-hybridized carbons (Fsp3) is 0.261. The smallest absolute Gasteiger partial charge is 0.355 e. The molecule has 166 valence electrons. The maximum Gasteiger partial charge on any atom is 0.416 e. The second kappa shape index (κ2) is 8.94. The summed E-state index contributed by atoms with van der Waals surface area (Å²) in [5.74, 6) is -0.236. The molecule has 1 aromatic heterocycles. The average molecular weight is 444 g/mol. The Hall–Kier alpha value is -3.49. The molecular weight excluding hydrogens is 424 g/mol. The summed E-state index contributed by atoms with van der Waals surface area (Å²) >= 11 is 0. The SMILES string of the molecule is O=C(Nc1cccc(C(F)(F)F)c1)C1CCN(c2ccc(-c3ccc(F)cc3)nn2)CC1. The van der Waals surface area contributed by atoms with E-state index >= 15 is 0 Å². The van der Waals surface area contributed by atoms with Gasteiger partial charge in [-0.1, -0.05) is 6.07 Å². The largest absolute Gasteiger partial charge is 0.416 e. The molecule has 2 heterocycles. The van der Waals surface area contributed by atoms with E-state index in [1.165, 1.54) is 24.3 Å². The molecule has 0 radical (unpaired) electrons. The zero-order valence-corrected chi connectivity index (χ0v) is 16.9. The third-order valence-corrected chi connectivity index (χ3v) is 5.44. The van der Waals surface area contributed by atoms with Crippen LogP contribution >= 0.6 is 0 Å². The molecule has 1 amide bonds. The van der Waals surface area contributed by atoms with Crippen molar-refractivity contribution in [1.29, 1.82) is 0 Å². The van der Waals surface area contributed by atoms with Crippen molar-refractivity contribution in [3.05, 3.63) is 72.0 Å². The molecule has 0 bridgehead atoms. The molecule has 0 saturated carbocycles. The molecule has 0 aliphatic carbocycles. The Kier molecular flexibility index (Phi) is 6.07. The highest BCUT2D eigenvalue weighted by Gasteiger charge is 2.31. The van der Waals surface area contributed by atoms with Gasteiger partial charge in [-0.05, 0) is 67.4 Å². The molecule has 0 spiro atoms. The number of piperidine rings is 1. The first-order chi connectivity index (χ1) is 15.3. The van der Waals surface area contributed by atoms with Crippen molar-refractivity contribution < 1.29 is 22.4 Å². The Labute approximate surface area is 182 Å². The lowest BCUT2D eigenvalue weighted by Crippen LogP contribution is -2.38. The van der Waals surface area contributed by atoms with Crippen LogP contribution in [-0.2, 0) is 11.0 Å². The number of rotatable bonds is 4. The number of nitrogens with one attached hydrogen (secondary N) is 1. The third kappa shape index (κ3) is 5.04. The Morgan fingerprint density at radius 2 is 1.69 bits per heavy atom. The summed E-state index contributed by atoms with van der Waals surface area (Å²) in [4.78, 5) is 14.5. The minimum Gasteiger partial charge on any atom is -0.355 e. The predicted molar refractivity (Wildman–Crippen MR) is 112 cm³/mol. The van der Waals surface area contributed by atoms with E-state index in [0.29, 0.717) is 37.4 Å². The molecule has 9 heteroatoms. The normalized spacial score (nSPS) is 14.9. The van der Waals surface area contributed by atoms with Gasteiger partial charge >= 0.3 is 6.18 Å². The molecule has 3 aromatic rings. The summed E-state index contributed by atoms with van der Waals surface area (Å²) in [5, 5.41) is 11.0. The molecule has 2 aromatic carbocycles. The zero-order valence-electron chi connectivity index (χ0n) is 16.9. The van der Waals surface area contributed by atoms with E-state index in [4.69, 9.17) is 0 Å². The topological polar surface area (TPSA) is 58.1 Å². The number of halogens is 4. The van der Waals surface area contributed by atoms with Crippen LogP contribution in [0.2, 0.25) is 0 Å². The van der Waals surface area contributed by atoms with Crippen LogP contribution in [0.15, 0.2) is 60.7 Å². The fourth-order valence-corrected chi connectivity index (χ4v) is 3.66. The number of hydrogen-bond acceptors (Lipinski definition) is 4. The second-order valence-electron chi connectivity index (χ2n) is 7.61. The van der Waals surface area contributed by atoms with Crippen LogP contribution in [0.3, 0.4) is 0 Å². The molecule has 5 nitrogen and oxygen atoms in total. The van der Waals surface area contributed by atoms with Gasteiger partial charge in [0, 0.05) is 30.3 Å². The number of nitrogens with zero attached hydrogens (tertiary/aromatic N) is 3. The van der Waals surface area contributed by atoms with Crippen molar-refractivity contribution in [3.8, 4) is 11.3 Å². The van der Waals surface area contributed by atoms with E-state index in [9.17, 15) is 22.4 Å². The molecule has 1 aliphatic rings. The Balaban J connectivity index is 1.34. The van der Waals surface area contributed by atoms with Crippen LogP contribution in [0.5, 0.6) is 0 Å². The monoisotopic (exact) mass is 444 g/mol. The number of benzene rings is 2. The first-order valence-electron chi connectivity index (χ1n) is 10.1. The lowest BCUT2D eigenvalue weighted by atomic mass is 9.95. The van der Waals surface area contributed by atoms with Gasteiger partial charge in [0.2, 0.25) is 5.91 Å². The van der Waals surface area contributed by atoms with Crippen molar-refractivity contribution in [3.63, 3.8) is 0 Å². The molecule has 1 aliphatic heterocycles.